The minimum Gasteiger partial charge on any atom is -0.392 e. The molecule has 2 rings (SSSR count). The van der Waals surface area contributed by atoms with Crippen LogP contribution in [-0.4, -0.2) is 5.11 Å². The van der Waals surface area contributed by atoms with Crippen molar-refractivity contribution < 1.29 is 5.11 Å². The van der Waals surface area contributed by atoms with Gasteiger partial charge in [0.2, 0.25) is 0 Å². The Bertz CT molecular complexity index is 330. The molecule has 1 aliphatic rings. The third-order valence-electron chi connectivity index (χ3n) is 3.43. The van der Waals surface area contributed by atoms with Gasteiger partial charge in [0.05, 0.1) is 6.61 Å². The van der Waals surface area contributed by atoms with E-state index in [4.69, 9.17) is 5.11 Å². The zero-order chi connectivity index (χ0) is 10.1. The van der Waals surface area contributed by atoms with Crippen molar-refractivity contribution in [3.63, 3.8) is 0 Å². The molecule has 0 heterocycles. The van der Waals surface area contributed by atoms with Crippen molar-refractivity contribution in [1.82, 2.24) is 0 Å². The Labute approximate surface area is 85.8 Å². The molecule has 0 aliphatic heterocycles. The Kier molecular flexibility index (Phi) is 2.60. The second-order valence-corrected chi connectivity index (χ2v) is 4.50. The summed E-state index contributed by atoms with van der Waals surface area (Å²) in [5.74, 6) is 1.35. The lowest BCUT2D eigenvalue weighted by Crippen LogP contribution is -2.11. The van der Waals surface area contributed by atoms with Gasteiger partial charge in [0.15, 0.2) is 0 Å². The molecule has 1 aliphatic carbocycles. The van der Waals surface area contributed by atoms with Crippen LogP contribution < -0.4 is 0 Å². The number of fused-ring (bicyclic) bond motifs is 1. The lowest BCUT2D eigenvalue weighted by molar-refractivity contribution is 0.281. The van der Waals surface area contributed by atoms with Crippen LogP contribution in [0.25, 0.3) is 0 Å². The summed E-state index contributed by atoms with van der Waals surface area (Å²) in [7, 11) is 0. The minimum absolute atomic E-state index is 0.161. The molecule has 1 aromatic carbocycles. The topological polar surface area (TPSA) is 20.2 Å². The van der Waals surface area contributed by atoms with Crippen molar-refractivity contribution >= 4 is 0 Å². The highest BCUT2D eigenvalue weighted by molar-refractivity contribution is 5.38. The van der Waals surface area contributed by atoms with Gasteiger partial charge in [-0.2, -0.15) is 0 Å². The Balaban J connectivity index is 2.45. The first-order valence-corrected chi connectivity index (χ1v) is 5.46. The van der Waals surface area contributed by atoms with Crippen molar-refractivity contribution in [3.05, 3.63) is 34.9 Å². The quantitative estimate of drug-likeness (QED) is 0.721. The molecule has 0 radical (unpaired) electrons. The van der Waals surface area contributed by atoms with Crippen molar-refractivity contribution in [2.75, 3.05) is 0 Å². The molecule has 2 atom stereocenters. The summed E-state index contributed by atoms with van der Waals surface area (Å²) in [6.45, 7) is 4.74. The van der Waals surface area contributed by atoms with E-state index in [1.165, 1.54) is 24.0 Å². The highest BCUT2D eigenvalue weighted by atomic mass is 16.3. The highest BCUT2D eigenvalue weighted by Crippen LogP contribution is 2.38. The smallest absolute Gasteiger partial charge is 0.0681 e. The highest BCUT2D eigenvalue weighted by Gasteiger charge is 2.21. The lowest BCUT2D eigenvalue weighted by Gasteiger charge is -2.27. The fraction of sp³-hybridized carbons (Fsp3) is 0.538. The molecule has 1 N–H and O–H groups in total. The van der Waals surface area contributed by atoms with Crippen LogP contribution in [0.2, 0.25) is 0 Å². The van der Waals surface area contributed by atoms with Crippen molar-refractivity contribution in [2.24, 2.45) is 0 Å². The Hall–Kier alpha value is -0.820. The zero-order valence-corrected chi connectivity index (χ0v) is 8.96. The van der Waals surface area contributed by atoms with Gasteiger partial charge in [0.25, 0.3) is 0 Å². The first kappa shape index (κ1) is 9.72. The number of hydrogen-bond acceptors (Lipinski definition) is 1. The average molecular weight is 190 g/mol. The summed E-state index contributed by atoms with van der Waals surface area (Å²) in [5, 5.41) is 9.09. The first-order valence-electron chi connectivity index (χ1n) is 5.46. The van der Waals surface area contributed by atoms with Gasteiger partial charge < -0.3 is 5.11 Å². The number of hydrogen-bond donors (Lipinski definition) is 1. The summed E-state index contributed by atoms with van der Waals surface area (Å²) in [5.41, 5.74) is 3.99. The van der Waals surface area contributed by atoms with Gasteiger partial charge in [0.1, 0.15) is 0 Å². The van der Waals surface area contributed by atoms with Crippen molar-refractivity contribution in [1.29, 1.82) is 0 Å². The van der Waals surface area contributed by atoms with Gasteiger partial charge in [-0.1, -0.05) is 32.0 Å². The molecular weight excluding hydrogens is 172 g/mol. The summed E-state index contributed by atoms with van der Waals surface area (Å²) in [4.78, 5) is 0. The molecule has 1 heteroatoms. The van der Waals surface area contributed by atoms with E-state index in [9.17, 15) is 0 Å². The van der Waals surface area contributed by atoms with E-state index >= 15 is 0 Å². The Morgan fingerprint density at radius 1 is 1.14 bits per heavy atom. The van der Waals surface area contributed by atoms with Gasteiger partial charge in [-0.3, -0.25) is 0 Å². The number of rotatable bonds is 1. The van der Waals surface area contributed by atoms with E-state index in [1.54, 1.807) is 0 Å². The predicted molar refractivity (Wildman–Crippen MR) is 58.4 cm³/mol. The normalized spacial score (nSPS) is 25.9. The maximum absolute atomic E-state index is 9.09. The summed E-state index contributed by atoms with van der Waals surface area (Å²) in [6, 6.07) is 6.42. The van der Waals surface area contributed by atoms with Crippen LogP contribution in [0.1, 0.15) is 55.2 Å². The van der Waals surface area contributed by atoms with Crippen LogP contribution in [0.4, 0.5) is 0 Å². The summed E-state index contributed by atoms with van der Waals surface area (Å²) < 4.78 is 0. The largest absolute Gasteiger partial charge is 0.392 e. The SMILES string of the molecule is CC1CCC(C)c2cc(CO)ccc21. The first-order chi connectivity index (χ1) is 6.72. The molecular formula is C13H18O. The third kappa shape index (κ3) is 1.57. The molecule has 0 spiro atoms. The fourth-order valence-electron chi connectivity index (χ4n) is 2.41. The summed E-state index contributed by atoms with van der Waals surface area (Å²) in [6.07, 6.45) is 2.58. The maximum Gasteiger partial charge on any atom is 0.0681 e. The molecule has 0 bridgehead atoms. The van der Waals surface area contributed by atoms with Crippen LogP contribution in [0, 0.1) is 0 Å². The number of aliphatic hydroxyl groups is 1. The van der Waals surface area contributed by atoms with Crippen LogP contribution >= 0.6 is 0 Å². The van der Waals surface area contributed by atoms with E-state index < -0.39 is 0 Å². The van der Waals surface area contributed by atoms with E-state index in [0.29, 0.717) is 11.8 Å². The molecule has 0 amide bonds. The summed E-state index contributed by atoms with van der Waals surface area (Å²) >= 11 is 0. The lowest BCUT2D eigenvalue weighted by atomic mass is 9.78. The molecule has 0 saturated heterocycles. The third-order valence-corrected chi connectivity index (χ3v) is 3.43. The second-order valence-electron chi connectivity index (χ2n) is 4.50. The van der Waals surface area contributed by atoms with E-state index in [-0.39, 0.29) is 6.61 Å². The monoisotopic (exact) mass is 190 g/mol. The van der Waals surface area contributed by atoms with Crippen molar-refractivity contribution in [3.8, 4) is 0 Å². The van der Waals surface area contributed by atoms with Crippen LogP contribution in [0.5, 0.6) is 0 Å². The van der Waals surface area contributed by atoms with Crippen LogP contribution in [-0.2, 0) is 6.61 Å². The van der Waals surface area contributed by atoms with Gasteiger partial charge in [-0.15, -0.1) is 0 Å². The molecule has 14 heavy (non-hydrogen) atoms. The maximum atomic E-state index is 9.09. The van der Waals surface area contributed by atoms with Crippen LogP contribution in [0.3, 0.4) is 0 Å². The molecule has 0 saturated carbocycles. The average Bonchev–Trinajstić information content (AvgIpc) is 2.23. The number of aliphatic hydroxyl groups excluding tert-OH is 1. The van der Waals surface area contributed by atoms with E-state index in [2.05, 4.69) is 26.0 Å². The molecule has 2 unspecified atom stereocenters. The van der Waals surface area contributed by atoms with Crippen LogP contribution in [0.15, 0.2) is 18.2 Å². The fourth-order valence-corrected chi connectivity index (χ4v) is 2.41. The standard InChI is InChI=1S/C13H18O/c1-9-3-4-10(2)13-7-11(8-14)5-6-12(9)13/h5-7,9-10,14H,3-4,8H2,1-2H3. The zero-order valence-electron chi connectivity index (χ0n) is 8.96. The van der Waals surface area contributed by atoms with Gasteiger partial charge >= 0.3 is 0 Å². The Morgan fingerprint density at radius 3 is 2.43 bits per heavy atom. The molecule has 1 nitrogen and oxygen atoms in total. The van der Waals surface area contributed by atoms with E-state index in [1.807, 2.05) is 6.07 Å². The van der Waals surface area contributed by atoms with Gasteiger partial charge in [-0.05, 0) is 41.4 Å². The predicted octanol–water partition coefficient (Wildman–Crippen LogP) is 3.18. The second kappa shape index (κ2) is 3.74. The molecule has 1 aromatic rings. The Morgan fingerprint density at radius 2 is 1.79 bits per heavy atom. The minimum atomic E-state index is 0.161. The van der Waals surface area contributed by atoms with E-state index in [0.717, 1.165) is 5.56 Å². The number of benzene rings is 1. The molecule has 76 valence electrons. The van der Waals surface area contributed by atoms with Gasteiger partial charge in [0, 0.05) is 0 Å². The van der Waals surface area contributed by atoms with Crippen molar-refractivity contribution in [2.45, 2.75) is 45.1 Å². The molecule has 0 fully saturated rings. The van der Waals surface area contributed by atoms with Gasteiger partial charge in [-0.25, -0.2) is 0 Å². The molecule has 0 aromatic heterocycles.